The number of hydrogen-bond donors (Lipinski definition) is 3. The van der Waals surface area contributed by atoms with E-state index < -0.39 is 0 Å². The van der Waals surface area contributed by atoms with Gasteiger partial charge in [-0.3, -0.25) is 10.1 Å². The van der Waals surface area contributed by atoms with E-state index in [2.05, 4.69) is 81.2 Å². The number of benzene rings is 1. The molecule has 0 unspecified atom stereocenters. The predicted molar refractivity (Wildman–Crippen MR) is 122 cm³/mol. The molecular formula is C24H22N6. The number of aromatic amines is 2. The van der Waals surface area contributed by atoms with E-state index in [0.717, 1.165) is 50.2 Å². The minimum Gasteiger partial charge on any atom is -0.358 e. The maximum Gasteiger partial charge on any atom is 0.181 e. The molecule has 3 N–H and O–H groups in total. The average molecular weight is 394 g/mol. The molecule has 5 aromatic rings. The fraction of sp³-hybridized carbons (Fsp3) is 0.125. The fourth-order valence-corrected chi connectivity index (χ4v) is 3.47. The summed E-state index contributed by atoms with van der Waals surface area (Å²) in [4.78, 5) is 12.4. The smallest absolute Gasteiger partial charge is 0.181 e. The van der Waals surface area contributed by atoms with Crippen LogP contribution in [0.2, 0.25) is 0 Å². The molecular weight excluding hydrogens is 372 g/mol. The number of allylic oxidation sites excluding steroid dienone is 1. The third-order valence-electron chi connectivity index (χ3n) is 5.28. The molecule has 0 aliphatic heterocycles. The minimum absolute atomic E-state index is 0.344. The number of nitrogens with one attached hydrogen (secondary N) is 3. The third-order valence-corrected chi connectivity index (χ3v) is 5.28. The monoisotopic (exact) mass is 394 g/mol. The Kier molecular flexibility index (Phi) is 4.32. The van der Waals surface area contributed by atoms with E-state index in [0.29, 0.717) is 11.6 Å². The van der Waals surface area contributed by atoms with Crippen LogP contribution < -0.4 is 5.32 Å². The van der Waals surface area contributed by atoms with E-state index in [1.54, 1.807) is 6.20 Å². The number of fused-ring (bicyclic) bond motifs is 2. The van der Waals surface area contributed by atoms with E-state index in [1.165, 1.54) is 0 Å². The summed E-state index contributed by atoms with van der Waals surface area (Å²) in [5.74, 6) is 0.344. The molecule has 0 bridgehead atoms. The van der Waals surface area contributed by atoms with Gasteiger partial charge >= 0.3 is 0 Å². The van der Waals surface area contributed by atoms with Crippen LogP contribution in [0.25, 0.3) is 44.5 Å². The zero-order chi connectivity index (χ0) is 20.7. The minimum atomic E-state index is 0.344. The lowest BCUT2D eigenvalue weighted by atomic mass is 10.1. The van der Waals surface area contributed by atoms with Crippen LogP contribution in [-0.4, -0.2) is 25.1 Å². The molecule has 0 saturated carbocycles. The second kappa shape index (κ2) is 7.15. The molecule has 0 aliphatic carbocycles. The van der Waals surface area contributed by atoms with E-state index in [1.807, 2.05) is 24.5 Å². The normalized spacial score (nSPS) is 11.4. The van der Waals surface area contributed by atoms with Crippen molar-refractivity contribution in [1.82, 2.24) is 25.1 Å². The van der Waals surface area contributed by atoms with Crippen LogP contribution in [-0.2, 0) is 0 Å². The van der Waals surface area contributed by atoms with Crippen molar-refractivity contribution in [3.8, 4) is 22.5 Å². The molecule has 4 heterocycles. The van der Waals surface area contributed by atoms with Gasteiger partial charge in [-0.15, -0.1) is 0 Å². The third kappa shape index (κ3) is 3.22. The van der Waals surface area contributed by atoms with E-state index in [9.17, 15) is 0 Å². The van der Waals surface area contributed by atoms with Crippen molar-refractivity contribution in [3.05, 3.63) is 73.3 Å². The number of nitrogens with zero attached hydrogens (tertiary/aromatic N) is 3. The Bertz CT molecular complexity index is 1340. The van der Waals surface area contributed by atoms with Crippen LogP contribution in [0.5, 0.6) is 0 Å². The van der Waals surface area contributed by atoms with Gasteiger partial charge < -0.3 is 10.3 Å². The quantitative estimate of drug-likeness (QED) is 0.354. The SMILES string of the molecule is C=C(Nc1cncc(-c2cnc3n[nH]c(-c4cc5ccccc5[nH]4)c3c2)c1)C(C)C. The maximum atomic E-state index is 4.55. The van der Waals surface area contributed by atoms with Gasteiger partial charge in [0.15, 0.2) is 5.65 Å². The summed E-state index contributed by atoms with van der Waals surface area (Å²) in [6.45, 7) is 8.29. The lowest BCUT2D eigenvalue weighted by Gasteiger charge is -2.13. The van der Waals surface area contributed by atoms with Crippen molar-refractivity contribution >= 4 is 27.6 Å². The number of para-hydroxylation sites is 1. The lowest BCUT2D eigenvalue weighted by Crippen LogP contribution is -2.04. The van der Waals surface area contributed by atoms with Gasteiger partial charge in [-0.05, 0) is 30.2 Å². The molecule has 0 saturated heterocycles. The van der Waals surface area contributed by atoms with Crippen molar-refractivity contribution in [3.63, 3.8) is 0 Å². The summed E-state index contributed by atoms with van der Waals surface area (Å²) in [6.07, 6.45) is 5.47. The Labute approximate surface area is 174 Å². The molecule has 0 aliphatic rings. The van der Waals surface area contributed by atoms with E-state index in [4.69, 9.17) is 0 Å². The summed E-state index contributed by atoms with van der Waals surface area (Å²) >= 11 is 0. The van der Waals surface area contributed by atoms with Crippen LogP contribution in [0.3, 0.4) is 0 Å². The summed E-state index contributed by atoms with van der Waals surface area (Å²) in [6, 6.07) is 14.5. The van der Waals surface area contributed by atoms with Gasteiger partial charge in [0.2, 0.25) is 0 Å². The summed E-state index contributed by atoms with van der Waals surface area (Å²) < 4.78 is 0. The Morgan fingerprint density at radius 3 is 2.70 bits per heavy atom. The van der Waals surface area contributed by atoms with Crippen LogP contribution in [0.1, 0.15) is 13.8 Å². The Hall–Kier alpha value is -3.93. The molecule has 148 valence electrons. The zero-order valence-electron chi connectivity index (χ0n) is 16.9. The maximum absolute atomic E-state index is 4.55. The van der Waals surface area contributed by atoms with Gasteiger partial charge in [0.05, 0.1) is 23.3 Å². The molecule has 0 atom stereocenters. The summed E-state index contributed by atoms with van der Waals surface area (Å²) in [5, 5.41) is 13.0. The number of H-pyrrole nitrogens is 2. The lowest BCUT2D eigenvalue weighted by molar-refractivity contribution is 0.778. The first-order chi connectivity index (χ1) is 14.6. The van der Waals surface area contributed by atoms with Gasteiger partial charge in [0, 0.05) is 45.5 Å². The molecule has 4 aromatic heterocycles. The largest absolute Gasteiger partial charge is 0.358 e. The molecule has 6 nitrogen and oxygen atoms in total. The molecule has 6 heteroatoms. The molecule has 5 rings (SSSR count). The highest BCUT2D eigenvalue weighted by Gasteiger charge is 2.13. The molecule has 1 aromatic carbocycles. The first-order valence-electron chi connectivity index (χ1n) is 9.92. The topological polar surface area (TPSA) is 82.3 Å². The summed E-state index contributed by atoms with van der Waals surface area (Å²) in [7, 11) is 0. The van der Waals surface area contributed by atoms with Crippen molar-refractivity contribution in [1.29, 1.82) is 0 Å². The number of aromatic nitrogens is 5. The van der Waals surface area contributed by atoms with Crippen molar-refractivity contribution in [2.24, 2.45) is 5.92 Å². The van der Waals surface area contributed by atoms with E-state index >= 15 is 0 Å². The highest BCUT2D eigenvalue weighted by molar-refractivity contribution is 5.96. The summed E-state index contributed by atoms with van der Waals surface area (Å²) in [5.41, 5.74) is 7.51. The predicted octanol–water partition coefficient (Wildman–Crippen LogP) is 5.75. The van der Waals surface area contributed by atoms with Gasteiger partial charge in [0.25, 0.3) is 0 Å². The van der Waals surface area contributed by atoms with Crippen LogP contribution in [0.4, 0.5) is 5.69 Å². The van der Waals surface area contributed by atoms with Crippen molar-refractivity contribution in [2.75, 3.05) is 5.32 Å². The first kappa shape index (κ1) is 18.1. The molecule has 0 spiro atoms. The van der Waals surface area contributed by atoms with Gasteiger partial charge in [-0.1, -0.05) is 38.6 Å². The molecule has 0 amide bonds. The second-order valence-corrected chi connectivity index (χ2v) is 7.73. The standard InChI is InChI=1S/C24H22N6/c1-14(2)15(3)27-19-8-17(11-25-13-19)18-9-20-23(29-30-24(20)26-12-18)22-10-16-6-4-5-7-21(16)28-22/h4-14,27-28H,3H2,1-2H3,(H,26,29,30). The molecule has 30 heavy (non-hydrogen) atoms. The van der Waals surface area contributed by atoms with Crippen molar-refractivity contribution in [2.45, 2.75) is 13.8 Å². The zero-order valence-corrected chi connectivity index (χ0v) is 16.9. The fourth-order valence-electron chi connectivity index (χ4n) is 3.47. The highest BCUT2D eigenvalue weighted by Crippen LogP contribution is 2.31. The number of pyridine rings is 2. The Balaban J connectivity index is 1.55. The number of rotatable bonds is 5. The van der Waals surface area contributed by atoms with Crippen LogP contribution in [0, 0.1) is 5.92 Å². The first-order valence-corrected chi connectivity index (χ1v) is 9.92. The number of hydrogen-bond acceptors (Lipinski definition) is 4. The van der Waals surface area contributed by atoms with Gasteiger partial charge in [-0.2, -0.15) is 5.10 Å². The molecule has 0 fully saturated rings. The highest BCUT2D eigenvalue weighted by atomic mass is 15.2. The Morgan fingerprint density at radius 2 is 1.87 bits per heavy atom. The van der Waals surface area contributed by atoms with Crippen LogP contribution >= 0.6 is 0 Å². The number of anilines is 1. The van der Waals surface area contributed by atoms with E-state index in [-0.39, 0.29) is 0 Å². The van der Waals surface area contributed by atoms with Gasteiger partial charge in [0.1, 0.15) is 0 Å². The van der Waals surface area contributed by atoms with Crippen LogP contribution in [0.15, 0.2) is 73.3 Å². The average Bonchev–Trinajstić information content (AvgIpc) is 3.37. The Morgan fingerprint density at radius 1 is 1.03 bits per heavy atom. The van der Waals surface area contributed by atoms with Gasteiger partial charge in [-0.25, -0.2) is 4.98 Å². The second-order valence-electron chi connectivity index (χ2n) is 7.73. The molecule has 0 radical (unpaired) electrons. The van der Waals surface area contributed by atoms with Crippen molar-refractivity contribution < 1.29 is 0 Å².